The zero-order valence-electron chi connectivity index (χ0n) is 17.5. The van der Waals surface area contributed by atoms with Crippen LogP contribution < -0.4 is 18.9 Å². The number of carbonyl (C=O) groups is 1. The number of esters is 1. The molecule has 0 N–H and O–H groups in total. The van der Waals surface area contributed by atoms with Gasteiger partial charge in [-0.3, -0.25) is 0 Å². The van der Waals surface area contributed by atoms with Gasteiger partial charge in [-0.05, 0) is 65.7 Å². The molecule has 0 unspecified atom stereocenters. The minimum Gasteiger partial charge on any atom is -0.497 e. The summed E-state index contributed by atoms with van der Waals surface area (Å²) in [5.74, 6) is 1.22. The van der Waals surface area contributed by atoms with Crippen LogP contribution in [0.1, 0.15) is 11.1 Å². The van der Waals surface area contributed by atoms with Gasteiger partial charge in [0.2, 0.25) is 0 Å². The lowest BCUT2D eigenvalue weighted by Gasteiger charge is -2.11. The molecule has 3 aromatic rings. The highest BCUT2D eigenvalue weighted by molar-refractivity contribution is 6.30. The maximum Gasteiger partial charge on any atom is 0.349 e. The summed E-state index contributed by atoms with van der Waals surface area (Å²) in [4.78, 5) is 12.2. The van der Waals surface area contributed by atoms with Gasteiger partial charge in [-0.25, -0.2) is 4.79 Å². The molecule has 0 heterocycles. The summed E-state index contributed by atoms with van der Waals surface area (Å²) in [7, 11) is 3.04. The standard InChI is InChI=1S/C25H20ClNO5/c1-29-21-8-10-22(11-9-21)31-16-25(28)32-23-12-3-17(14-24(23)30-2)13-19(15-27)18-4-6-20(26)7-5-18/h3-14H,16H2,1-2H3/b19-13+. The first-order valence-corrected chi connectivity index (χ1v) is 9.93. The van der Waals surface area contributed by atoms with Crippen molar-refractivity contribution in [1.29, 1.82) is 5.26 Å². The number of hydrogen-bond donors (Lipinski definition) is 0. The summed E-state index contributed by atoms with van der Waals surface area (Å²) in [5.41, 5.74) is 1.91. The van der Waals surface area contributed by atoms with E-state index >= 15 is 0 Å². The lowest BCUT2D eigenvalue weighted by Crippen LogP contribution is -2.18. The van der Waals surface area contributed by atoms with E-state index in [-0.39, 0.29) is 12.4 Å². The maximum atomic E-state index is 12.2. The van der Waals surface area contributed by atoms with Crippen molar-refractivity contribution in [2.24, 2.45) is 0 Å². The van der Waals surface area contributed by atoms with Crippen molar-refractivity contribution in [3.05, 3.63) is 82.9 Å². The van der Waals surface area contributed by atoms with E-state index in [1.54, 1.807) is 79.9 Å². The van der Waals surface area contributed by atoms with Crippen LogP contribution in [0.2, 0.25) is 5.02 Å². The van der Waals surface area contributed by atoms with E-state index in [1.165, 1.54) is 7.11 Å². The third-order valence-corrected chi connectivity index (χ3v) is 4.67. The van der Waals surface area contributed by atoms with E-state index in [9.17, 15) is 10.1 Å². The van der Waals surface area contributed by atoms with Crippen LogP contribution in [0, 0.1) is 11.3 Å². The van der Waals surface area contributed by atoms with Gasteiger partial charge in [0.15, 0.2) is 18.1 Å². The van der Waals surface area contributed by atoms with Crippen molar-refractivity contribution >= 4 is 29.2 Å². The van der Waals surface area contributed by atoms with Gasteiger partial charge in [0.1, 0.15) is 11.5 Å². The molecule has 0 aliphatic rings. The second-order valence-electron chi connectivity index (χ2n) is 6.53. The first-order valence-electron chi connectivity index (χ1n) is 9.55. The summed E-state index contributed by atoms with van der Waals surface area (Å²) in [5, 5.41) is 10.1. The van der Waals surface area contributed by atoms with Crippen molar-refractivity contribution in [2.45, 2.75) is 0 Å². The van der Waals surface area contributed by atoms with E-state index in [2.05, 4.69) is 6.07 Å². The molecule has 0 bridgehead atoms. The summed E-state index contributed by atoms with van der Waals surface area (Å²) in [6.45, 7) is -0.272. The molecule has 0 radical (unpaired) electrons. The predicted octanol–water partition coefficient (Wildman–Crippen LogP) is 5.41. The van der Waals surface area contributed by atoms with Crippen LogP contribution in [-0.2, 0) is 4.79 Å². The largest absolute Gasteiger partial charge is 0.497 e. The number of halogens is 1. The topological polar surface area (TPSA) is 77.8 Å². The molecule has 0 aliphatic carbocycles. The molecule has 0 fully saturated rings. The Morgan fingerprint density at radius 3 is 2.25 bits per heavy atom. The first kappa shape index (κ1) is 22.7. The minimum atomic E-state index is -0.582. The number of rotatable bonds is 8. The number of nitriles is 1. The summed E-state index contributed by atoms with van der Waals surface area (Å²) in [6, 6.07) is 21.0. The van der Waals surface area contributed by atoms with Crippen molar-refractivity contribution in [3.63, 3.8) is 0 Å². The Morgan fingerprint density at radius 1 is 0.938 bits per heavy atom. The normalized spacial score (nSPS) is 10.8. The number of nitrogens with zero attached hydrogens (tertiary/aromatic N) is 1. The molecule has 0 amide bonds. The van der Waals surface area contributed by atoms with Crippen molar-refractivity contribution < 1.29 is 23.7 Å². The fraction of sp³-hybridized carbons (Fsp3) is 0.120. The van der Waals surface area contributed by atoms with Crippen LogP contribution in [0.15, 0.2) is 66.7 Å². The van der Waals surface area contributed by atoms with Crippen LogP contribution in [0.25, 0.3) is 11.6 Å². The van der Waals surface area contributed by atoms with Gasteiger partial charge in [0.25, 0.3) is 0 Å². The molecular formula is C25H20ClNO5. The SMILES string of the molecule is COc1ccc(OCC(=O)Oc2ccc(/C=C(\C#N)c3ccc(Cl)cc3)cc2OC)cc1. The molecule has 7 heteroatoms. The number of allylic oxidation sites excluding steroid dienone is 1. The van der Waals surface area contributed by atoms with Gasteiger partial charge >= 0.3 is 5.97 Å². The maximum absolute atomic E-state index is 12.2. The van der Waals surface area contributed by atoms with Crippen molar-refractivity contribution in [2.75, 3.05) is 20.8 Å². The van der Waals surface area contributed by atoms with Gasteiger partial charge in [0.05, 0.1) is 25.9 Å². The highest BCUT2D eigenvalue weighted by Gasteiger charge is 2.12. The smallest absolute Gasteiger partial charge is 0.349 e. The van der Waals surface area contributed by atoms with E-state index in [0.717, 1.165) is 5.56 Å². The summed E-state index contributed by atoms with van der Waals surface area (Å²) in [6.07, 6.45) is 1.71. The van der Waals surface area contributed by atoms with Crippen LogP contribution in [0.5, 0.6) is 23.0 Å². The molecule has 3 rings (SSSR count). The predicted molar refractivity (Wildman–Crippen MR) is 122 cm³/mol. The number of methoxy groups -OCH3 is 2. The number of ether oxygens (including phenoxy) is 4. The molecular weight excluding hydrogens is 430 g/mol. The Bertz CT molecular complexity index is 1150. The third-order valence-electron chi connectivity index (χ3n) is 4.41. The summed E-state index contributed by atoms with van der Waals surface area (Å²) < 4.78 is 21.2. The van der Waals surface area contributed by atoms with Crippen molar-refractivity contribution in [3.8, 4) is 29.1 Å². The number of hydrogen-bond acceptors (Lipinski definition) is 6. The zero-order chi connectivity index (χ0) is 22.9. The van der Waals surface area contributed by atoms with E-state index in [0.29, 0.717) is 33.4 Å². The lowest BCUT2D eigenvalue weighted by atomic mass is 10.0. The molecule has 32 heavy (non-hydrogen) atoms. The Balaban J connectivity index is 1.69. The van der Waals surface area contributed by atoms with E-state index in [4.69, 9.17) is 30.5 Å². The average Bonchev–Trinajstić information content (AvgIpc) is 2.83. The zero-order valence-corrected chi connectivity index (χ0v) is 18.3. The monoisotopic (exact) mass is 449 g/mol. The molecule has 3 aromatic carbocycles. The molecule has 0 saturated heterocycles. The lowest BCUT2D eigenvalue weighted by molar-refractivity contribution is -0.136. The molecule has 0 atom stereocenters. The highest BCUT2D eigenvalue weighted by Crippen LogP contribution is 2.30. The number of carbonyl (C=O) groups excluding carboxylic acids is 1. The molecule has 0 saturated carbocycles. The van der Waals surface area contributed by atoms with Crippen LogP contribution >= 0.6 is 11.6 Å². The van der Waals surface area contributed by atoms with Gasteiger partial charge in [-0.15, -0.1) is 0 Å². The fourth-order valence-electron chi connectivity index (χ4n) is 2.80. The Kier molecular flexibility index (Phi) is 7.74. The van der Waals surface area contributed by atoms with E-state index < -0.39 is 5.97 Å². The Hall–Kier alpha value is -3.95. The van der Waals surface area contributed by atoms with Crippen molar-refractivity contribution in [1.82, 2.24) is 0 Å². The highest BCUT2D eigenvalue weighted by atomic mass is 35.5. The molecule has 162 valence electrons. The minimum absolute atomic E-state index is 0.248. The van der Waals surface area contributed by atoms with Gasteiger partial charge < -0.3 is 18.9 Å². The molecule has 0 spiro atoms. The second-order valence-corrected chi connectivity index (χ2v) is 6.96. The van der Waals surface area contributed by atoms with Gasteiger partial charge in [-0.2, -0.15) is 5.26 Å². The second kappa shape index (κ2) is 10.9. The summed E-state index contributed by atoms with van der Waals surface area (Å²) >= 11 is 5.91. The van der Waals surface area contributed by atoms with Gasteiger partial charge in [-0.1, -0.05) is 29.8 Å². The first-order chi connectivity index (χ1) is 15.5. The molecule has 6 nitrogen and oxygen atoms in total. The Labute approximate surface area is 191 Å². The Morgan fingerprint density at radius 2 is 1.62 bits per heavy atom. The molecule has 0 aliphatic heterocycles. The van der Waals surface area contributed by atoms with Crippen LogP contribution in [-0.4, -0.2) is 26.8 Å². The fourth-order valence-corrected chi connectivity index (χ4v) is 2.93. The van der Waals surface area contributed by atoms with E-state index in [1.807, 2.05) is 0 Å². The average molecular weight is 450 g/mol. The quantitative estimate of drug-likeness (QED) is 0.198. The third kappa shape index (κ3) is 6.03. The number of benzene rings is 3. The molecule has 0 aromatic heterocycles. The van der Waals surface area contributed by atoms with Crippen LogP contribution in [0.3, 0.4) is 0 Å². The van der Waals surface area contributed by atoms with Gasteiger partial charge in [0, 0.05) is 5.02 Å². The van der Waals surface area contributed by atoms with Crippen LogP contribution in [0.4, 0.5) is 0 Å².